The zero-order valence-electron chi connectivity index (χ0n) is 14.0. The molecule has 2 heterocycles. The molecule has 3 aromatic carbocycles. The molecule has 2 aromatic heterocycles. The number of hydrogen-bond donors (Lipinski definition) is 1. The van der Waals surface area contributed by atoms with Crippen molar-refractivity contribution in [1.82, 2.24) is 9.55 Å². The van der Waals surface area contributed by atoms with E-state index in [1.165, 1.54) is 5.39 Å². The Morgan fingerprint density at radius 3 is 2.46 bits per heavy atom. The quantitative estimate of drug-likeness (QED) is 0.476. The van der Waals surface area contributed by atoms with E-state index < -0.39 is 0 Å². The van der Waals surface area contributed by atoms with Crippen LogP contribution in [0.5, 0.6) is 0 Å². The predicted molar refractivity (Wildman–Crippen MR) is 107 cm³/mol. The lowest BCUT2D eigenvalue weighted by Crippen LogP contribution is -2.07. The summed E-state index contributed by atoms with van der Waals surface area (Å²) in [6.45, 7) is 0. The molecule has 0 bridgehead atoms. The number of aromatic nitrogens is 2. The first-order valence-corrected chi connectivity index (χ1v) is 8.59. The highest BCUT2D eigenvalue weighted by Gasteiger charge is 2.11. The smallest absolute Gasteiger partial charge is 0.189 e. The van der Waals surface area contributed by atoms with Crippen molar-refractivity contribution in [2.75, 3.05) is 0 Å². The molecule has 5 rings (SSSR count). The maximum Gasteiger partial charge on any atom is 0.189 e. The standard InChI is InChI=1S/C23H16N2O/c26-23-13-14-25(22-12-6-3-9-18(22)23)21-11-5-2-8-17(21)20-15-16-7-1-4-10-19(16)24-20/h1-15,24H. The normalized spacial score (nSPS) is 11.2. The molecule has 3 heteroatoms. The SMILES string of the molecule is O=c1ccn(-c2ccccc2-c2cc3ccccc3[nH]2)c2ccccc12. The Morgan fingerprint density at radius 1 is 0.769 bits per heavy atom. The van der Waals surface area contributed by atoms with E-state index in [9.17, 15) is 4.79 Å². The van der Waals surface area contributed by atoms with E-state index in [1.54, 1.807) is 6.07 Å². The summed E-state index contributed by atoms with van der Waals surface area (Å²) in [5, 5.41) is 1.91. The molecule has 124 valence electrons. The van der Waals surface area contributed by atoms with Gasteiger partial charge in [-0.3, -0.25) is 4.79 Å². The second-order valence-corrected chi connectivity index (χ2v) is 6.35. The molecule has 1 N–H and O–H groups in total. The fraction of sp³-hybridized carbons (Fsp3) is 0. The Bertz CT molecular complexity index is 1280. The number of fused-ring (bicyclic) bond motifs is 2. The second kappa shape index (κ2) is 5.74. The minimum Gasteiger partial charge on any atom is -0.354 e. The number of rotatable bonds is 2. The van der Waals surface area contributed by atoms with Crippen LogP contribution in [0.1, 0.15) is 0 Å². The van der Waals surface area contributed by atoms with Crippen LogP contribution >= 0.6 is 0 Å². The van der Waals surface area contributed by atoms with Crippen LogP contribution in [0.25, 0.3) is 38.8 Å². The van der Waals surface area contributed by atoms with Crippen LogP contribution in [0.4, 0.5) is 0 Å². The number of aromatic amines is 1. The maximum atomic E-state index is 12.2. The van der Waals surface area contributed by atoms with E-state index in [-0.39, 0.29) is 5.43 Å². The van der Waals surface area contributed by atoms with Gasteiger partial charge in [0, 0.05) is 39.8 Å². The molecular formula is C23H16N2O. The zero-order valence-corrected chi connectivity index (χ0v) is 14.0. The van der Waals surface area contributed by atoms with Gasteiger partial charge in [-0.25, -0.2) is 0 Å². The first-order chi connectivity index (χ1) is 12.8. The van der Waals surface area contributed by atoms with Gasteiger partial charge < -0.3 is 9.55 Å². The molecule has 0 aliphatic rings. The summed E-state index contributed by atoms with van der Waals surface area (Å²) in [7, 11) is 0. The minimum absolute atomic E-state index is 0.0416. The van der Waals surface area contributed by atoms with E-state index in [0.29, 0.717) is 0 Å². The summed E-state index contributed by atoms with van der Waals surface area (Å²) in [4.78, 5) is 15.7. The molecule has 0 saturated heterocycles. The third-order valence-corrected chi connectivity index (χ3v) is 4.79. The molecule has 0 unspecified atom stereocenters. The van der Waals surface area contributed by atoms with E-state index >= 15 is 0 Å². The van der Waals surface area contributed by atoms with Gasteiger partial charge in [0.05, 0.1) is 11.2 Å². The summed E-state index contributed by atoms with van der Waals surface area (Å²) in [6.07, 6.45) is 1.85. The Kier molecular flexibility index (Phi) is 3.25. The molecule has 0 saturated carbocycles. The van der Waals surface area contributed by atoms with Crippen molar-refractivity contribution in [3.63, 3.8) is 0 Å². The summed E-state index contributed by atoms with van der Waals surface area (Å²) in [5.41, 5.74) is 5.25. The maximum absolute atomic E-state index is 12.2. The van der Waals surface area contributed by atoms with Crippen LogP contribution in [0.3, 0.4) is 0 Å². The van der Waals surface area contributed by atoms with Crippen molar-refractivity contribution in [3.8, 4) is 16.9 Å². The number of nitrogens with one attached hydrogen (secondary N) is 1. The van der Waals surface area contributed by atoms with Crippen molar-refractivity contribution in [2.24, 2.45) is 0 Å². The fourth-order valence-corrected chi connectivity index (χ4v) is 3.54. The highest BCUT2D eigenvalue weighted by Crippen LogP contribution is 2.30. The van der Waals surface area contributed by atoms with Crippen molar-refractivity contribution >= 4 is 21.8 Å². The van der Waals surface area contributed by atoms with Crippen molar-refractivity contribution in [1.29, 1.82) is 0 Å². The third kappa shape index (κ3) is 2.25. The predicted octanol–water partition coefficient (Wildman–Crippen LogP) is 5.14. The lowest BCUT2D eigenvalue weighted by atomic mass is 10.1. The second-order valence-electron chi connectivity index (χ2n) is 6.35. The van der Waals surface area contributed by atoms with Crippen LogP contribution in [0, 0.1) is 0 Å². The molecule has 0 atom stereocenters. The number of benzene rings is 3. The molecule has 0 amide bonds. The Balaban J connectivity index is 1.80. The van der Waals surface area contributed by atoms with Crippen LogP contribution < -0.4 is 5.43 Å². The number of para-hydroxylation sites is 3. The number of hydrogen-bond acceptors (Lipinski definition) is 1. The molecule has 0 spiro atoms. The minimum atomic E-state index is 0.0416. The Morgan fingerprint density at radius 2 is 1.54 bits per heavy atom. The number of H-pyrrole nitrogens is 1. The fourth-order valence-electron chi connectivity index (χ4n) is 3.54. The number of pyridine rings is 1. The first-order valence-electron chi connectivity index (χ1n) is 8.59. The van der Waals surface area contributed by atoms with Crippen LogP contribution in [-0.4, -0.2) is 9.55 Å². The first kappa shape index (κ1) is 14.7. The van der Waals surface area contributed by atoms with E-state index in [2.05, 4.69) is 39.9 Å². The van der Waals surface area contributed by atoms with Gasteiger partial charge in [0.25, 0.3) is 0 Å². The van der Waals surface area contributed by atoms with Crippen LogP contribution in [-0.2, 0) is 0 Å². The molecule has 26 heavy (non-hydrogen) atoms. The van der Waals surface area contributed by atoms with E-state index in [0.717, 1.165) is 33.4 Å². The molecular weight excluding hydrogens is 320 g/mol. The van der Waals surface area contributed by atoms with Gasteiger partial charge in [0.2, 0.25) is 0 Å². The van der Waals surface area contributed by atoms with Crippen LogP contribution in [0.15, 0.2) is 95.9 Å². The van der Waals surface area contributed by atoms with Gasteiger partial charge in [-0.15, -0.1) is 0 Å². The van der Waals surface area contributed by atoms with Gasteiger partial charge >= 0.3 is 0 Å². The lowest BCUT2D eigenvalue weighted by molar-refractivity contribution is 1.10. The van der Waals surface area contributed by atoms with Crippen molar-refractivity contribution < 1.29 is 0 Å². The van der Waals surface area contributed by atoms with Crippen molar-refractivity contribution in [2.45, 2.75) is 0 Å². The highest BCUT2D eigenvalue weighted by atomic mass is 16.1. The van der Waals surface area contributed by atoms with Gasteiger partial charge in [-0.1, -0.05) is 48.5 Å². The van der Waals surface area contributed by atoms with Gasteiger partial charge in [0.15, 0.2) is 5.43 Å². The molecule has 0 radical (unpaired) electrons. The topological polar surface area (TPSA) is 37.8 Å². The number of nitrogens with zero attached hydrogens (tertiary/aromatic N) is 1. The van der Waals surface area contributed by atoms with Gasteiger partial charge in [-0.05, 0) is 30.3 Å². The van der Waals surface area contributed by atoms with Gasteiger partial charge in [0.1, 0.15) is 0 Å². The third-order valence-electron chi connectivity index (χ3n) is 4.79. The highest BCUT2D eigenvalue weighted by molar-refractivity contribution is 5.89. The average Bonchev–Trinajstić information content (AvgIpc) is 3.13. The molecule has 3 nitrogen and oxygen atoms in total. The molecule has 0 aliphatic carbocycles. The monoisotopic (exact) mass is 336 g/mol. The molecule has 5 aromatic rings. The average molecular weight is 336 g/mol. The summed E-state index contributed by atoms with van der Waals surface area (Å²) >= 11 is 0. The van der Waals surface area contributed by atoms with E-state index in [4.69, 9.17) is 0 Å². The van der Waals surface area contributed by atoms with Gasteiger partial charge in [-0.2, -0.15) is 0 Å². The zero-order chi connectivity index (χ0) is 17.5. The largest absolute Gasteiger partial charge is 0.354 e. The summed E-state index contributed by atoms with van der Waals surface area (Å²) in [5.74, 6) is 0. The summed E-state index contributed by atoms with van der Waals surface area (Å²) < 4.78 is 2.08. The Hall–Kier alpha value is -3.59. The molecule has 0 aliphatic heterocycles. The Labute approximate surface area is 150 Å². The van der Waals surface area contributed by atoms with E-state index in [1.807, 2.05) is 54.7 Å². The summed E-state index contributed by atoms with van der Waals surface area (Å²) in [6, 6.07) is 28.0. The lowest BCUT2D eigenvalue weighted by Gasteiger charge is -2.14. The van der Waals surface area contributed by atoms with Crippen molar-refractivity contribution in [3.05, 3.63) is 101 Å². The van der Waals surface area contributed by atoms with Crippen LogP contribution in [0.2, 0.25) is 0 Å². The molecule has 0 fully saturated rings.